The van der Waals surface area contributed by atoms with Crippen LogP contribution in [0.3, 0.4) is 0 Å². The molecule has 2 unspecified atom stereocenters. The topological polar surface area (TPSA) is 56.5 Å². The van der Waals surface area contributed by atoms with Crippen molar-refractivity contribution in [2.24, 2.45) is 0 Å². The molecule has 1 aliphatic heterocycles. The van der Waals surface area contributed by atoms with Crippen LogP contribution in [-0.2, 0) is 4.74 Å². The van der Waals surface area contributed by atoms with Crippen molar-refractivity contribution in [3.8, 4) is 6.07 Å². The highest BCUT2D eigenvalue weighted by molar-refractivity contribution is 5.59. The monoisotopic (exact) mass is 272 g/mol. The van der Waals surface area contributed by atoms with Crippen molar-refractivity contribution >= 4 is 5.69 Å². The summed E-state index contributed by atoms with van der Waals surface area (Å²) < 4.78 is 5.84. The quantitative estimate of drug-likeness (QED) is 0.898. The van der Waals surface area contributed by atoms with Gasteiger partial charge in [-0.25, -0.2) is 0 Å². The number of rotatable bonds is 2. The van der Waals surface area contributed by atoms with E-state index in [-0.39, 0.29) is 0 Å². The first-order valence-corrected chi connectivity index (χ1v) is 7.31. The lowest BCUT2D eigenvalue weighted by Crippen LogP contribution is -2.49. The normalized spacial score (nSPS) is 26.9. The van der Waals surface area contributed by atoms with E-state index in [0.717, 1.165) is 37.2 Å². The fraction of sp³-hybridized carbons (Fsp3) is 0.562. The van der Waals surface area contributed by atoms with Gasteiger partial charge in [0.25, 0.3) is 0 Å². The van der Waals surface area contributed by atoms with E-state index < -0.39 is 6.10 Å². The van der Waals surface area contributed by atoms with Gasteiger partial charge in [0, 0.05) is 17.8 Å². The Hall–Kier alpha value is -1.57. The molecule has 4 nitrogen and oxygen atoms in total. The molecule has 0 amide bonds. The summed E-state index contributed by atoms with van der Waals surface area (Å²) in [6.45, 7) is 3.32. The van der Waals surface area contributed by atoms with Gasteiger partial charge < -0.3 is 14.7 Å². The number of aliphatic hydroxyl groups is 1. The van der Waals surface area contributed by atoms with Gasteiger partial charge in [0.2, 0.25) is 0 Å². The van der Waals surface area contributed by atoms with Gasteiger partial charge in [-0.05, 0) is 38.3 Å². The fourth-order valence-corrected chi connectivity index (χ4v) is 3.44. The van der Waals surface area contributed by atoms with Crippen LogP contribution in [-0.4, -0.2) is 30.4 Å². The van der Waals surface area contributed by atoms with Crippen LogP contribution in [0.1, 0.15) is 43.4 Å². The molecule has 0 spiro atoms. The Labute approximate surface area is 119 Å². The molecule has 20 heavy (non-hydrogen) atoms. The zero-order valence-electron chi connectivity index (χ0n) is 11.7. The molecule has 1 aromatic rings. The van der Waals surface area contributed by atoms with E-state index in [9.17, 15) is 5.11 Å². The van der Waals surface area contributed by atoms with Gasteiger partial charge in [0.05, 0.1) is 36.5 Å². The van der Waals surface area contributed by atoms with E-state index in [2.05, 4.69) is 11.0 Å². The fourth-order valence-electron chi connectivity index (χ4n) is 3.44. The maximum Gasteiger partial charge on any atom is 0.0992 e. The Morgan fingerprint density at radius 3 is 3.05 bits per heavy atom. The van der Waals surface area contributed by atoms with E-state index in [1.165, 1.54) is 6.42 Å². The molecular formula is C16H20N2O2. The number of hydrogen-bond donors (Lipinski definition) is 1. The van der Waals surface area contributed by atoms with Crippen molar-refractivity contribution in [3.05, 3.63) is 29.3 Å². The Balaban J connectivity index is 2.01. The highest BCUT2D eigenvalue weighted by Gasteiger charge is 2.37. The molecule has 1 heterocycles. The van der Waals surface area contributed by atoms with Gasteiger partial charge >= 0.3 is 0 Å². The number of aliphatic hydroxyl groups excluding tert-OH is 1. The molecule has 1 saturated carbocycles. The average molecular weight is 272 g/mol. The van der Waals surface area contributed by atoms with E-state index in [4.69, 9.17) is 10.00 Å². The third kappa shape index (κ3) is 2.28. The molecule has 1 saturated heterocycles. The molecule has 0 bridgehead atoms. The summed E-state index contributed by atoms with van der Waals surface area (Å²) in [4.78, 5) is 2.34. The molecule has 106 valence electrons. The lowest BCUT2D eigenvalue weighted by atomic mass is 10.0. The predicted octanol–water partition coefficient (Wildman–Crippen LogP) is 2.37. The van der Waals surface area contributed by atoms with E-state index in [1.54, 1.807) is 13.0 Å². The molecular weight excluding hydrogens is 252 g/mol. The van der Waals surface area contributed by atoms with Crippen LogP contribution in [0.25, 0.3) is 0 Å². The van der Waals surface area contributed by atoms with Gasteiger partial charge in [-0.2, -0.15) is 5.26 Å². The van der Waals surface area contributed by atoms with Gasteiger partial charge in [-0.3, -0.25) is 0 Å². The number of morpholine rings is 1. The Bertz CT molecular complexity index is 536. The third-order valence-electron chi connectivity index (χ3n) is 4.40. The van der Waals surface area contributed by atoms with Crippen LogP contribution in [0.15, 0.2) is 18.2 Å². The second kappa shape index (κ2) is 5.43. The molecule has 1 aromatic carbocycles. The number of hydrogen-bond acceptors (Lipinski definition) is 4. The summed E-state index contributed by atoms with van der Waals surface area (Å²) in [5, 5.41) is 19.1. The predicted molar refractivity (Wildman–Crippen MR) is 76.5 cm³/mol. The number of anilines is 1. The number of nitriles is 1. The van der Waals surface area contributed by atoms with E-state index in [1.807, 2.05) is 12.1 Å². The zero-order valence-corrected chi connectivity index (χ0v) is 11.7. The van der Waals surface area contributed by atoms with Gasteiger partial charge in [-0.15, -0.1) is 0 Å². The van der Waals surface area contributed by atoms with Crippen LogP contribution in [0, 0.1) is 11.3 Å². The molecule has 2 aliphatic rings. The third-order valence-corrected chi connectivity index (χ3v) is 4.40. The highest BCUT2D eigenvalue weighted by Crippen LogP contribution is 2.36. The molecule has 1 N–H and O–H groups in total. The van der Waals surface area contributed by atoms with E-state index in [0.29, 0.717) is 17.7 Å². The van der Waals surface area contributed by atoms with Crippen molar-refractivity contribution < 1.29 is 9.84 Å². The van der Waals surface area contributed by atoms with Crippen LogP contribution < -0.4 is 4.90 Å². The molecule has 3 atom stereocenters. The van der Waals surface area contributed by atoms with Crippen LogP contribution in [0.2, 0.25) is 0 Å². The first kappa shape index (κ1) is 13.4. The summed E-state index contributed by atoms with van der Waals surface area (Å²) in [6, 6.07) is 8.13. The summed E-state index contributed by atoms with van der Waals surface area (Å²) in [5.74, 6) is 0. The largest absolute Gasteiger partial charge is 0.389 e. The Morgan fingerprint density at radius 1 is 1.45 bits per heavy atom. The van der Waals surface area contributed by atoms with Crippen LogP contribution in [0.4, 0.5) is 5.69 Å². The summed E-state index contributed by atoms with van der Waals surface area (Å²) in [5.41, 5.74) is 2.54. The number of benzene rings is 1. The summed E-state index contributed by atoms with van der Waals surface area (Å²) >= 11 is 0. The lowest BCUT2D eigenvalue weighted by molar-refractivity contribution is 0.0254. The minimum atomic E-state index is -0.527. The molecule has 0 aromatic heterocycles. The molecule has 3 rings (SSSR count). The minimum Gasteiger partial charge on any atom is -0.389 e. The van der Waals surface area contributed by atoms with Gasteiger partial charge in [-0.1, -0.05) is 6.07 Å². The summed E-state index contributed by atoms with van der Waals surface area (Å²) in [7, 11) is 0. The number of nitrogens with zero attached hydrogens (tertiary/aromatic N) is 2. The molecule has 4 heteroatoms. The van der Waals surface area contributed by atoms with Crippen LogP contribution >= 0.6 is 0 Å². The van der Waals surface area contributed by atoms with Crippen molar-refractivity contribution in [2.45, 2.75) is 44.4 Å². The first-order valence-electron chi connectivity index (χ1n) is 7.31. The van der Waals surface area contributed by atoms with Crippen molar-refractivity contribution in [2.75, 3.05) is 18.1 Å². The summed E-state index contributed by atoms with van der Waals surface area (Å²) in [6.07, 6.45) is 3.20. The second-order valence-electron chi connectivity index (χ2n) is 5.66. The maximum atomic E-state index is 10.00. The number of fused-ring (bicyclic) bond motifs is 1. The minimum absolute atomic E-state index is 0.302. The smallest absolute Gasteiger partial charge is 0.0992 e. The Kier molecular flexibility index (Phi) is 3.64. The average Bonchev–Trinajstić information content (AvgIpc) is 2.94. The first-order chi connectivity index (χ1) is 9.70. The Morgan fingerprint density at radius 2 is 2.30 bits per heavy atom. The van der Waals surface area contributed by atoms with Crippen molar-refractivity contribution in [3.63, 3.8) is 0 Å². The van der Waals surface area contributed by atoms with Crippen molar-refractivity contribution in [1.29, 1.82) is 5.26 Å². The van der Waals surface area contributed by atoms with Crippen molar-refractivity contribution in [1.82, 2.24) is 0 Å². The van der Waals surface area contributed by atoms with Gasteiger partial charge in [0.1, 0.15) is 0 Å². The molecule has 1 aliphatic carbocycles. The lowest BCUT2D eigenvalue weighted by Gasteiger charge is -2.40. The molecule has 0 radical (unpaired) electrons. The second-order valence-corrected chi connectivity index (χ2v) is 5.66. The van der Waals surface area contributed by atoms with Crippen LogP contribution in [0.5, 0.6) is 0 Å². The SMILES string of the molecule is C[C@@H](O)c1ccc(C#N)cc1N1CCOC2CCCC21. The maximum absolute atomic E-state index is 10.00. The molecule has 2 fully saturated rings. The standard InChI is InChI=1S/C16H20N2O2/c1-11(19)13-6-5-12(10-17)9-15(13)18-7-8-20-16-4-2-3-14(16)18/h5-6,9,11,14,16,19H,2-4,7-8H2,1H3/t11-,14?,16?/m1/s1. The van der Waals surface area contributed by atoms with Gasteiger partial charge in [0.15, 0.2) is 0 Å². The highest BCUT2D eigenvalue weighted by atomic mass is 16.5. The van der Waals surface area contributed by atoms with E-state index >= 15 is 0 Å². The zero-order chi connectivity index (χ0) is 14.1. The number of ether oxygens (including phenoxy) is 1.